The molecule has 0 aliphatic carbocycles. The van der Waals surface area contributed by atoms with Gasteiger partial charge in [-0.15, -0.1) is 0 Å². The zero-order valence-corrected chi connectivity index (χ0v) is 19.3. The number of hydrogen-bond donors (Lipinski definition) is 5. The van der Waals surface area contributed by atoms with Crippen molar-refractivity contribution in [1.29, 1.82) is 5.41 Å². The van der Waals surface area contributed by atoms with E-state index in [9.17, 15) is 0 Å². The molecule has 0 atom stereocenters. The van der Waals surface area contributed by atoms with Crippen LogP contribution >= 0.6 is 0 Å². The third-order valence-electron chi connectivity index (χ3n) is 5.06. The Balaban J connectivity index is 1.94. The van der Waals surface area contributed by atoms with Crippen molar-refractivity contribution in [2.45, 2.75) is 20.8 Å². The highest BCUT2D eigenvalue weighted by molar-refractivity contribution is 6.30. The highest BCUT2D eigenvalue weighted by Crippen LogP contribution is 2.23. The average molecular weight is 443 g/mol. The third kappa shape index (κ3) is 5.74. The van der Waals surface area contributed by atoms with E-state index in [4.69, 9.17) is 16.9 Å². The molecule has 0 radical (unpaired) electrons. The zero-order chi connectivity index (χ0) is 24.0. The van der Waals surface area contributed by atoms with Crippen LogP contribution in [0, 0.1) is 18.3 Å². The van der Waals surface area contributed by atoms with Crippen LogP contribution in [0.2, 0.25) is 0 Å². The number of anilines is 1. The van der Waals surface area contributed by atoms with Gasteiger partial charge < -0.3 is 22.1 Å². The number of hydrogen-bond acceptors (Lipinski definition) is 8. The van der Waals surface area contributed by atoms with Gasteiger partial charge in [-0.25, -0.2) is 4.98 Å². The molecule has 0 unspecified atom stereocenters. The fraction of sp³-hybridized carbons (Fsp3) is 0.200. The van der Waals surface area contributed by atoms with Gasteiger partial charge in [0.25, 0.3) is 0 Å². The first-order chi connectivity index (χ1) is 15.8. The van der Waals surface area contributed by atoms with Gasteiger partial charge in [-0.3, -0.25) is 15.4 Å². The van der Waals surface area contributed by atoms with Crippen LogP contribution in [0.3, 0.4) is 0 Å². The molecule has 3 aromatic rings. The van der Waals surface area contributed by atoms with Gasteiger partial charge in [0.1, 0.15) is 11.6 Å². The van der Waals surface area contributed by atoms with Gasteiger partial charge in [-0.2, -0.15) is 0 Å². The smallest absolute Gasteiger partial charge is 0.132 e. The first-order valence-corrected chi connectivity index (χ1v) is 10.6. The van der Waals surface area contributed by atoms with E-state index in [2.05, 4.69) is 25.6 Å². The topological polar surface area (TPSA) is 139 Å². The van der Waals surface area contributed by atoms with Gasteiger partial charge in [0.05, 0.1) is 16.7 Å². The predicted octanol–water partition coefficient (Wildman–Crippen LogP) is 3.67. The molecule has 3 rings (SSSR count). The van der Waals surface area contributed by atoms with Crippen molar-refractivity contribution in [3.8, 4) is 0 Å². The summed E-state index contributed by atoms with van der Waals surface area (Å²) in [6.07, 6.45) is 8.58. The monoisotopic (exact) mass is 442 g/mol. The molecule has 7 N–H and O–H groups in total. The summed E-state index contributed by atoms with van der Waals surface area (Å²) in [5.41, 5.74) is 17.6. The Hall–Kier alpha value is -4.20. The summed E-state index contributed by atoms with van der Waals surface area (Å²) in [5.74, 6) is 1.29. The molecule has 0 saturated carbocycles. The largest absolute Gasteiger partial charge is 0.404 e. The number of pyridine rings is 3. The molecule has 3 aromatic heterocycles. The van der Waals surface area contributed by atoms with Crippen LogP contribution in [0.5, 0.6) is 0 Å². The van der Waals surface area contributed by atoms with Crippen LogP contribution in [0.1, 0.15) is 30.7 Å². The maximum atomic E-state index is 8.71. The Labute approximate surface area is 194 Å². The molecule has 0 saturated heterocycles. The van der Waals surface area contributed by atoms with Gasteiger partial charge in [0.2, 0.25) is 0 Å². The summed E-state index contributed by atoms with van der Waals surface area (Å²) in [5, 5.41) is 14.8. The van der Waals surface area contributed by atoms with Gasteiger partial charge in [0, 0.05) is 48.0 Å². The molecule has 170 valence electrons. The first-order valence-electron chi connectivity index (χ1n) is 10.6. The van der Waals surface area contributed by atoms with Crippen molar-refractivity contribution < 1.29 is 0 Å². The average Bonchev–Trinajstić information content (AvgIpc) is 2.80. The predicted molar refractivity (Wildman–Crippen MR) is 135 cm³/mol. The van der Waals surface area contributed by atoms with Crippen molar-refractivity contribution in [2.75, 3.05) is 12.4 Å². The fourth-order valence-corrected chi connectivity index (χ4v) is 3.21. The van der Waals surface area contributed by atoms with Crippen LogP contribution in [-0.4, -0.2) is 27.7 Å². The minimum atomic E-state index is 0.253. The van der Waals surface area contributed by atoms with Gasteiger partial charge in [0.15, 0.2) is 0 Å². The number of nitrogens with zero attached hydrogens (tertiary/aromatic N) is 3. The van der Waals surface area contributed by atoms with E-state index in [1.54, 1.807) is 37.9 Å². The molecule has 0 aliphatic rings. The van der Waals surface area contributed by atoms with Crippen LogP contribution in [0.25, 0.3) is 16.6 Å². The lowest BCUT2D eigenvalue weighted by Crippen LogP contribution is -2.12. The Bertz CT molecular complexity index is 1240. The molecule has 33 heavy (non-hydrogen) atoms. The molecule has 8 heteroatoms. The number of fused-ring (bicyclic) bond motifs is 1. The lowest BCUT2D eigenvalue weighted by Gasteiger charge is -2.12. The molecule has 3 heterocycles. The second kappa shape index (κ2) is 10.4. The molecule has 0 fully saturated rings. The molecule has 0 amide bonds. The Morgan fingerprint density at radius 2 is 1.82 bits per heavy atom. The van der Waals surface area contributed by atoms with E-state index in [1.807, 2.05) is 51.1 Å². The minimum Gasteiger partial charge on any atom is -0.404 e. The summed E-state index contributed by atoms with van der Waals surface area (Å²) >= 11 is 0. The standard InChI is InChI=1S/C25H30N8/c1-15(2)18(11-26)10-23(27)33-24-8-7-21-22(32-24)9-19(13-31-21)20(14-29-4)25(28)17-6-5-16(3)30-12-17/h5-15,28-29H,26-27H2,1-4H3,(H,32,33)/b18-11+,20-14-,23-10+,28-25?. The highest BCUT2D eigenvalue weighted by Gasteiger charge is 2.13. The first kappa shape index (κ1) is 23.5. The molecule has 8 nitrogen and oxygen atoms in total. The van der Waals surface area contributed by atoms with E-state index in [-0.39, 0.29) is 5.92 Å². The fourth-order valence-electron chi connectivity index (χ4n) is 3.21. The maximum absolute atomic E-state index is 8.71. The zero-order valence-electron chi connectivity index (χ0n) is 19.3. The Morgan fingerprint density at radius 3 is 2.45 bits per heavy atom. The van der Waals surface area contributed by atoms with E-state index in [1.165, 1.54) is 0 Å². The van der Waals surface area contributed by atoms with Crippen molar-refractivity contribution >= 4 is 28.1 Å². The van der Waals surface area contributed by atoms with Gasteiger partial charge in [-0.05, 0) is 61.0 Å². The molecule has 0 spiro atoms. The van der Waals surface area contributed by atoms with Crippen LogP contribution < -0.4 is 22.1 Å². The molecular weight excluding hydrogens is 412 g/mol. The maximum Gasteiger partial charge on any atom is 0.132 e. The molecule has 0 bridgehead atoms. The van der Waals surface area contributed by atoms with E-state index < -0.39 is 0 Å². The second-order valence-corrected chi connectivity index (χ2v) is 7.91. The number of aromatic nitrogens is 3. The summed E-state index contributed by atoms with van der Waals surface area (Å²) in [6.45, 7) is 6.01. The van der Waals surface area contributed by atoms with E-state index in [0.717, 1.165) is 27.9 Å². The Morgan fingerprint density at radius 1 is 1.06 bits per heavy atom. The van der Waals surface area contributed by atoms with Crippen molar-refractivity contribution in [2.24, 2.45) is 17.4 Å². The van der Waals surface area contributed by atoms with Crippen molar-refractivity contribution in [3.63, 3.8) is 0 Å². The summed E-state index contributed by atoms with van der Waals surface area (Å²) in [4.78, 5) is 13.5. The van der Waals surface area contributed by atoms with E-state index in [0.29, 0.717) is 28.4 Å². The van der Waals surface area contributed by atoms with E-state index >= 15 is 0 Å². The summed E-state index contributed by atoms with van der Waals surface area (Å²) in [6, 6.07) is 9.38. The van der Waals surface area contributed by atoms with Crippen molar-refractivity contribution in [3.05, 3.63) is 89.4 Å². The Kier molecular flexibility index (Phi) is 7.40. The van der Waals surface area contributed by atoms with Crippen molar-refractivity contribution in [1.82, 2.24) is 20.3 Å². The van der Waals surface area contributed by atoms with Crippen LogP contribution in [-0.2, 0) is 0 Å². The van der Waals surface area contributed by atoms with Crippen LogP contribution in [0.15, 0.2) is 72.6 Å². The molecular formula is C25H30N8. The lowest BCUT2D eigenvalue weighted by molar-refractivity contribution is 0.786. The minimum absolute atomic E-state index is 0.253. The summed E-state index contributed by atoms with van der Waals surface area (Å²) in [7, 11) is 1.80. The molecule has 0 aromatic carbocycles. The number of nitrogens with two attached hydrogens (primary N) is 2. The number of aryl methyl sites for hydroxylation is 1. The number of allylic oxidation sites excluding steroid dienone is 3. The quantitative estimate of drug-likeness (QED) is 0.265. The summed E-state index contributed by atoms with van der Waals surface area (Å²) < 4.78 is 0. The third-order valence-corrected chi connectivity index (χ3v) is 5.06. The number of rotatable bonds is 8. The second-order valence-electron chi connectivity index (χ2n) is 7.91. The lowest BCUT2D eigenvalue weighted by atomic mass is 9.98. The SMILES string of the molecule is CN/C=C(\C(=N)c1ccc(C)nc1)c1cnc2ccc(N/C(N)=C/C(=C\N)C(C)C)nc2c1. The normalized spacial score (nSPS) is 12.8. The van der Waals surface area contributed by atoms with Gasteiger partial charge in [-0.1, -0.05) is 13.8 Å². The van der Waals surface area contributed by atoms with Crippen LogP contribution in [0.4, 0.5) is 5.82 Å². The molecule has 0 aliphatic heterocycles. The highest BCUT2D eigenvalue weighted by atomic mass is 15.1. The van der Waals surface area contributed by atoms with Gasteiger partial charge >= 0.3 is 0 Å². The number of nitrogens with one attached hydrogen (secondary N) is 3.